The Bertz CT molecular complexity index is 540. The van der Waals surface area contributed by atoms with Gasteiger partial charge >= 0.3 is 5.97 Å². The van der Waals surface area contributed by atoms with Gasteiger partial charge in [-0.25, -0.2) is 9.18 Å². The number of hydrogen-bond donors (Lipinski definition) is 2. The lowest BCUT2D eigenvalue weighted by Crippen LogP contribution is -2.48. The normalized spacial score (nSPS) is 19.8. The van der Waals surface area contributed by atoms with E-state index in [4.69, 9.17) is 4.74 Å². The maximum Gasteiger partial charge on any atom is 0.326 e. The topological polar surface area (TPSA) is 75.6 Å². The zero-order valence-electron chi connectivity index (χ0n) is 11.8. The smallest absolute Gasteiger partial charge is 0.326 e. The molecule has 0 aromatic heterocycles. The van der Waals surface area contributed by atoms with E-state index in [0.29, 0.717) is 25.2 Å². The zero-order chi connectivity index (χ0) is 15.4. The van der Waals surface area contributed by atoms with Gasteiger partial charge in [-0.15, -0.1) is 0 Å². The number of benzene rings is 1. The van der Waals surface area contributed by atoms with Gasteiger partial charge in [0.05, 0.1) is 6.61 Å². The van der Waals surface area contributed by atoms with Crippen molar-refractivity contribution in [1.82, 2.24) is 5.32 Å². The number of ether oxygens (including phenoxy) is 1. The van der Waals surface area contributed by atoms with Crippen molar-refractivity contribution >= 4 is 11.9 Å². The van der Waals surface area contributed by atoms with Crippen molar-refractivity contribution < 1.29 is 23.8 Å². The Kier molecular flexibility index (Phi) is 4.90. The van der Waals surface area contributed by atoms with Gasteiger partial charge in [-0.05, 0) is 43.5 Å². The van der Waals surface area contributed by atoms with Crippen LogP contribution in [0.3, 0.4) is 0 Å². The van der Waals surface area contributed by atoms with Crippen LogP contribution >= 0.6 is 0 Å². The number of rotatable bonds is 4. The number of aliphatic carboxylic acids is 1. The first-order valence-corrected chi connectivity index (χ1v) is 6.86. The number of hydrogen-bond acceptors (Lipinski definition) is 3. The minimum atomic E-state index is -1.08. The lowest BCUT2D eigenvalue weighted by molar-refractivity contribution is -0.142. The molecule has 6 heteroatoms. The molecule has 1 aliphatic rings. The van der Waals surface area contributed by atoms with Gasteiger partial charge in [-0.3, -0.25) is 4.79 Å². The predicted octanol–water partition coefficient (Wildman–Crippen LogP) is 1.74. The van der Waals surface area contributed by atoms with Crippen LogP contribution in [0.25, 0.3) is 0 Å². The molecule has 2 N–H and O–H groups in total. The molecule has 1 saturated heterocycles. The Balaban J connectivity index is 2.12. The quantitative estimate of drug-likeness (QED) is 0.887. The monoisotopic (exact) mass is 295 g/mol. The third-order valence-corrected chi connectivity index (χ3v) is 3.65. The summed E-state index contributed by atoms with van der Waals surface area (Å²) >= 11 is 0. The molecule has 5 nitrogen and oxygen atoms in total. The molecule has 1 aromatic carbocycles. The van der Waals surface area contributed by atoms with Gasteiger partial charge in [-0.1, -0.05) is 0 Å². The van der Waals surface area contributed by atoms with Crippen molar-refractivity contribution in [1.29, 1.82) is 0 Å². The highest BCUT2D eigenvalue weighted by Crippen LogP contribution is 2.19. The summed E-state index contributed by atoms with van der Waals surface area (Å²) in [5.41, 5.74) is 0.746. The number of nitrogens with one attached hydrogen (secondary N) is 1. The van der Waals surface area contributed by atoms with Crippen LogP contribution in [-0.2, 0) is 9.53 Å². The number of carbonyl (C=O) groups excluding carboxylic acids is 1. The SMILES string of the molecule is Cc1cc(F)ccc1C(=O)NC(C(=O)O)C1CCCOC1. The average molecular weight is 295 g/mol. The molecule has 0 spiro atoms. The summed E-state index contributed by atoms with van der Waals surface area (Å²) in [6.45, 7) is 2.55. The van der Waals surface area contributed by atoms with Crippen LogP contribution in [0.4, 0.5) is 4.39 Å². The number of carboxylic acid groups (broad SMARTS) is 1. The van der Waals surface area contributed by atoms with E-state index < -0.39 is 23.7 Å². The Labute approximate surface area is 122 Å². The second-order valence-corrected chi connectivity index (χ2v) is 5.23. The molecule has 0 radical (unpaired) electrons. The van der Waals surface area contributed by atoms with Gasteiger partial charge in [0.15, 0.2) is 0 Å². The Morgan fingerprint density at radius 1 is 1.48 bits per heavy atom. The highest BCUT2D eigenvalue weighted by atomic mass is 19.1. The van der Waals surface area contributed by atoms with Crippen molar-refractivity contribution in [3.8, 4) is 0 Å². The van der Waals surface area contributed by atoms with Gasteiger partial charge < -0.3 is 15.2 Å². The van der Waals surface area contributed by atoms with E-state index in [9.17, 15) is 19.1 Å². The number of carbonyl (C=O) groups is 2. The third-order valence-electron chi connectivity index (χ3n) is 3.65. The molecule has 114 valence electrons. The molecule has 0 bridgehead atoms. The standard InChI is InChI=1S/C15H18FNO4/c1-9-7-11(16)4-5-12(9)14(18)17-13(15(19)20)10-3-2-6-21-8-10/h4-5,7,10,13H,2-3,6,8H2,1H3,(H,17,18)(H,19,20). The van der Waals surface area contributed by atoms with Crippen LogP contribution in [0.2, 0.25) is 0 Å². The molecule has 1 amide bonds. The molecule has 2 atom stereocenters. The van der Waals surface area contributed by atoms with Gasteiger partial charge in [0.25, 0.3) is 5.91 Å². The highest BCUT2D eigenvalue weighted by Gasteiger charge is 2.31. The van der Waals surface area contributed by atoms with Crippen LogP contribution in [0.1, 0.15) is 28.8 Å². The summed E-state index contributed by atoms with van der Waals surface area (Å²) in [7, 11) is 0. The van der Waals surface area contributed by atoms with Crippen LogP contribution in [0.15, 0.2) is 18.2 Å². The van der Waals surface area contributed by atoms with E-state index in [1.54, 1.807) is 6.92 Å². The Morgan fingerprint density at radius 3 is 2.81 bits per heavy atom. The Hall–Kier alpha value is -1.95. The van der Waals surface area contributed by atoms with E-state index in [0.717, 1.165) is 6.42 Å². The van der Waals surface area contributed by atoms with Gasteiger partial charge in [-0.2, -0.15) is 0 Å². The summed E-state index contributed by atoms with van der Waals surface area (Å²) in [6, 6.07) is 2.79. The number of aryl methyl sites for hydroxylation is 1. The molecule has 1 aliphatic heterocycles. The molecule has 1 heterocycles. The molecule has 2 rings (SSSR count). The first-order valence-electron chi connectivity index (χ1n) is 6.86. The van der Waals surface area contributed by atoms with E-state index in [2.05, 4.69) is 5.32 Å². The highest BCUT2D eigenvalue weighted by molar-refractivity contribution is 5.97. The van der Waals surface area contributed by atoms with Crippen molar-refractivity contribution in [2.24, 2.45) is 5.92 Å². The lowest BCUT2D eigenvalue weighted by Gasteiger charge is -2.28. The largest absolute Gasteiger partial charge is 0.480 e. The van der Waals surface area contributed by atoms with E-state index >= 15 is 0 Å². The first-order chi connectivity index (χ1) is 9.99. The molecule has 1 aromatic rings. The fourth-order valence-electron chi connectivity index (χ4n) is 2.51. The number of halogens is 1. The maximum absolute atomic E-state index is 13.1. The molecule has 2 unspecified atom stereocenters. The summed E-state index contributed by atoms with van der Waals surface area (Å²) in [6.07, 6.45) is 1.47. The molecular formula is C15H18FNO4. The summed E-state index contributed by atoms with van der Waals surface area (Å²) in [5.74, 6) is -2.27. The van der Waals surface area contributed by atoms with Crippen molar-refractivity contribution in [2.75, 3.05) is 13.2 Å². The minimum absolute atomic E-state index is 0.249. The first kappa shape index (κ1) is 15.4. The fraction of sp³-hybridized carbons (Fsp3) is 0.467. The lowest BCUT2D eigenvalue weighted by atomic mass is 9.93. The minimum Gasteiger partial charge on any atom is -0.480 e. The summed E-state index contributed by atoms with van der Waals surface area (Å²) in [5, 5.41) is 11.8. The van der Waals surface area contributed by atoms with Crippen molar-refractivity contribution in [3.05, 3.63) is 35.1 Å². The Morgan fingerprint density at radius 2 is 2.24 bits per heavy atom. The van der Waals surface area contributed by atoms with Gasteiger partial charge in [0.1, 0.15) is 11.9 Å². The second-order valence-electron chi connectivity index (χ2n) is 5.23. The molecular weight excluding hydrogens is 277 g/mol. The maximum atomic E-state index is 13.1. The van der Waals surface area contributed by atoms with Gasteiger partial charge in [0.2, 0.25) is 0 Å². The van der Waals surface area contributed by atoms with Crippen LogP contribution in [-0.4, -0.2) is 36.2 Å². The fourth-order valence-corrected chi connectivity index (χ4v) is 2.51. The van der Waals surface area contributed by atoms with Crippen molar-refractivity contribution in [2.45, 2.75) is 25.8 Å². The summed E-state index contributed by atoms with van der Waals surface area (Å²) < 4.78 is 18.3. The van der Waals surface area contributed by atoms with Gasteiger partial charge in [0, 0.05) is 18.1 Å². The van der Waals surface area contributed by atoms with Crippen molar-refractivity contribution in [3.63, 3.8) is 0 Å². The average Bonchev–Trinajstić information content (AvgIpc) is 2.45. The molecule has 0 aliphatic carbocycles. The van der Waals surface area contributed by atoms with E-state index in [-0.39, 0.29) is 11.5 Å². The van der Waals surface area contributed by atoms with E-state index in [1.807, 2.05) is 0 Å². The third kappa shape index (κ3) is 3.78. The molecule has 0 saturated carbocycles. The number of carboxylic acids is 1. The van der Waals surface area contributed by atoms with Crippen LogP contribution in [0.5, 0.6) is 0 Å². The summed E-state index contributed by atoms with van der Waals surface area (Å²) in [4.78, 5) is 23.6. The molecule has 1 fully saturated rings. The van der Waals surface area contributed by atoms with Crippen LogP contribution in [0, 0.1) is 18.7 Å². The molecule has 21 heavy (non-hydrogen) atoms. The second kappa shape index (κ2) is 6.67. The number of amides is 1. The van der Waals surface area contributed by atoms with Crippen LogP contribution < -0.4 is 5.32 Å². The predicted molar refractivity (Wildman–Crippen MR) is 73.6 cm³/mol. The van der Waals surface area contributed by atoms with E-state index in [1.165, 1.54) is 18.2 Å². The zero-order valence-corrected chi connectivity index (χ0v) is 11.8.